The number of piperazine rings is 1. The van der Waals surface area contributed by atoms with Gasteiger partial charge in [-0.05, 0) is 74.5 Å². The van der Waals surface area contributed by atoms with E-state index in [0.717, 1.165) is 62.4 Å². The Kier molecular flexibility index (Phi) is 7.20. The van der Waals surface area contributed by atoms with Gasteiger partial charge in [-0.25, -0.2) is 9.98 Å². The van der Waals surface area contributed by atoms with Crippen molar-refractivity contribution in [1.82, 2.24) is 20.5 Å². The number of rotatable bonds is 8. The molecule has 2 atom stereocenters. The van der Waals surface area contributed by atoms with Crippen LogP contribution in [0, 0.1) is 5.92 Å². The number of carbonyl (C=O) groups excluding carboxylic acids is 1. The number of amides is 1. The van der Waals surface area contributed by atoms with Crippen molar-refractivity contribution in [3.63, 3.8) is 0 Å². The molecule has 0 bridgehead atoms. The number of benzene rings is 1. The van der Waals surface area contributed by atoms with Gasteiger partial charge in [0.05, 0.1) is 11.3 Å². The summed E-state index contributed by atoms with van der Waals surface area (Å²) in [5.41, 5.74) is 3.52. The second-order valence-electron chi connectivity index (χ2n) is 11.1. The first-order valence-corrected chi connectivity index (χ1v) is 14.2. The number of aromatic nitrogens is 1. The van der Waals surface area contributed by atoms with Gasteiger partial charge in [0.1, 0.15) is 11.4 Å². The lowest BCUT2D eigenvalue weighted by atomic mass is 9.95. The van der Waals surface area contributed by atoms with Crippen molar-refractivity contribution in [2.75, 3.05) is 55.3 Å². The summed E-state index contributed by atoms with van der Waals surface area (Å²) in [6.07, 6.45) is 6.24. The zero-order valence-corrected chi connectivity index (χ0v) is 23.0. The zero-order valence-electron chi connectivity index (χ0n) is 23.0. The van der Waals surface area contributed by atoms with Crippen LogP contribution < -0.4 is 26.2 Å². The summed E-state index contributed by atoms with van der Waals surface area (Å²) in [5.74, 6) is 1.13. The van der Waals surface area contributed by atoms with Crippen molar-refractivity contribution in [2.24, 2.45) is 10.9 Å². The van der Waals surface area contributed by atoms with Gasteiger partial charge in [-0.1, -0.05) is 12.1 Å². The third kappa shape index (κ3) is 5.41. The van der Waals surface area contributed by atoms with Gasteiger partial charge in [0.2, 0.25) is 5.96 Å². The van der Waals surface area contributed by atoms with Crippen molar-refractivity contribution in [3.05, 3.63) is 72.1 Å². The van der Waals surface area contributed by atoms with E-state index in [1.54, 1.807) is 12.3 Å². The average molecular weight is 543 g/mol. The minimum atomic E-state index is -0.854. The van der Waals surface area contributed by atoms with E-state index in [0.29, 0.717) is 30.3 Å². The van der Waals surface area contributed by atoms with Gasteiger partial charge in [-0.15, -0.1) is 6.58 Å². The highest BCUT2D eigenvalue weighted by molar-refractivity contribution is 6.01. The minimum Gasteiger partial charge on any atom is -0.383 e. The van der Waals surface area contributed by atoms with Gasteiger partial charge in [0.15, 0.2) is 6.17 Å². The normalized spacial score (nSPS) is 24.4. The van der Waals surface area contributed by atoms with Gasteiger partial charge >= 0.3 is 0 Å². The smallest absolute Gasteiger partial charge is 0.253 e. The summed E-state index contributed by atoms with van der Waals surface area (Å²) >= 11 is 0. The molecule has 6 rings (SSSR count). The number of likely N-dealkylation sites (N-methyl/N-ethyl adjacent to an activating group) is 1. The van der Waals surface area contributed by atoms with Crippen molar-refractivity contribution in [2.45, 2.75) is 37.5 Å². The van der Waals surface area contributed by atoms with E-state index >= 15 is 0 Å². The predicted molar refractivity (Wildman–Crippen MR) is 158 cm³/mol. The van der Waals surface area contributed by atoms with Crippen LogP contribution in [-0.4, -0.2) is 72.8 Å². The molecule has 1 amide bonds. The van der Waals surface area contributed by atoms with Gasteiger partial charge in [-0.2, -0.15) is 0 Å². The molecule has 10 heteroatoms. The number of aryl methyl sites for hydroxylation is 1. The van der Waals surface area contributed by atoms with E-state index < -0.39 is 11.8 Å². The molecule has 2 aromatic rings. The van der Waals surface area contributed by atoms with Crippen LogP contribution in [0.3, 0.4) is 0 Å². The number of pyridine rings is 1. The highest BCUT2D eigenvalue weighted by Gasteiger charge is 2.50. The maximum absolute atomic E-state index is 13.0. The van der Waals surface area contributed by atoms with Crippen LogP contribution in [0.5, 0.6) is 0 Å². The molecular weight excluding hydrogens is 504 g/mol. The zero-order chi connectivity index (χ0) is 27.7. The lowest BCUT2D eigenvalue weighted by molar-refractivity contribution is -0.117. The summed E-state index contributed by atoms with van der Waals surface area (Å²) in [6.45, 7) is 8.18. The Balaban J connectivity index is 1.20. The van der Waals surface area contributed by atoms with Gasteiger partial charge in [0.25, 0.3) is 5.91 Å². The summed E-state index contributed by atoms with van der Waals surface area (Å²) in [6, 6.07) is 12.2. The second kappa shape index (κ2) is 10.9. The predicted octanol–water partition coefficient (Wildman–Crippen LogP) is 2.37. The van der Waals surface area contributed by atoms with Crippen molar-refractivity contribution in [3.8, 4) is 0 Å². The first-order chi connectivity index (χ1) is 19.4. The Labute approximate surface area is 235 Å². The number of guanidine groups is 1. The van der Waals surface area contributed by atoms with Crippen LogP contribution in [0.15, 0.2) is 65.8 Å². The average Bonchev–Trinajstić information content (AvgIpc) is 3.78. The summed E-state index contributed by atoms with van der Waals surface area (Å²) in [7, 11) is 2.15. The maximum atomic E-state index is 13.0. The number of hydrogen-bond donors (Lipinski definition) is 5. The Bertz CT molecular complexity index is 1330. The van der Waals surface area contributed by atoms with Crippen LogP contribution >= 0.6 is 0 Å². The Hall–Kier alpha value is -3.89. The third-order valence-corrected chi connectivity index (χ3v) is 8.29. The van der Waals surface area contributed by atoms with E-state index in [1.165, 1.54) is 5.69 Å². The SMILES string of the molecule is C=CCNC(=O)C1=CNC(Nc2ccc(N3CCN(C)CC3)cc2)=NC1Nc1ccc2c(n1)[C@](O)(C1CC1)CC2. The highest BCUT2D eigenvalue weighted by atomic mass is 16.3. The fraction of sp³-hybridized carbons (Fsp3) is 0.433. The number of fused-ring (bicyclic) bond motifs is 1. The minimum absolute atomic E-state index is 0.250. The van der Waals surface area contributed by atoms with Gasteiger partial charge in [-0.3, -0.25) is 4.79 Å². The fourth-order valence-electron chi connectivity index (χ4n) is 5.74. The number of anilines is 3. The van der Waals surface area contributed by atoms with Crippen LogP contribution in [-0.2, 0) is 16.8 Å². The van der Waals surface area contributed by atoms with E-state index in [-0.39, 0.29) is 11.8 Å². The Morgan fingerprint density at radius 2 is 1.95 bits per heavy atom. The number of nitrogens with zero attached hydrogens (tertiary/aromatic N) is 4. The second-order valence-corrected chi connectivity index (χ2v) is 11.1. The first kappa shape index (κ1) is 26.3. The van der Waals surface area contributed by atoms with Gasteiger partial charge < -0.3 is 36.2 Å². The summed E-state index contributed by atoms with van der Waals surface area (Å²) in [4.78, 5) is 27.3. The van der Waals surface area contributed by atoms with E-state index in [4.69, 9.17) is 9.98 Å². The molecule has 1 aromatic carbocycles. The monoisotopic (exact) mass is 542 g/mol. The van der Waals surface area contributed by atoms with E-state index in [9.17, 15) is 9.90 Å². The molecule has 210 valence electrons. The van der Waals surface area contributed by atoms with E-state index in [1.807, 2.05) is 24.3 Å². The lowest BCUT2D eigenvalue weighted by Crippen LogP contribution is -2.44. The molecule has 3 heterocycles. The first-order valence-electron chi connectivity index (χ1n) is 14.2. The summed E-state index contributed by atoms with van der Waals surface area (Å²) < 4.78 is 0. The molecular formula is C30H38N8O2. The molecule has 2 aliphatic carbocycles. The quantitative estimate of drug-likeness (QED) is 0.323. The van der Waals surface area contributed by atoms with Crippen LogP contribution in [0.2, 0.25) is 0 Å². The van der Waals surface area contributed by atoms with Crippen LogP contribution in [0.1, 0.15) is 30.5 Å². The maximum Gasteiger partial charge on any atom is 0.253 e. The number of aliphatic imine (C=N–C) groups is 1. The van der Waals surface area contributed by atoms with Crippen molar-refractivity contribution < 1.29 is 9.90 Å². The highest BCUT2D eigenvalue weighted by Crippen LogP contribution is 2.51. The third-order valence-electron chi connectivity index (χ3n) is 8.29. The number of hydrogen-bond acceptors (Lipinski definition) is 9. The van der Waals surface area contributed by atoms with E-state index in [2.05, 4.69) is 56.8 Å². The van der Waals surface area contributed by atoms with Crippen LogP contribution in [0.4, 0.5) is 17.2 Å². The van der Waals surface area contributed by atoms with Crippen molar-refractivity contribution >= 4 is 29.1 Å². The molecule has 1 saturated carbocycles. The molecule has 0 spiro atoms. The topological polar surface area (TPSA) is 117 Å². The molecule has 40 heavy (non-hydrogen) atoms. The summed E-state index contributed by atoms with van der Waals surface area (Å²) in [5, 5.41) is 24.0. The molecule has 4 aliphatic rings. The lowest BCUT2D eigenvalue weighted by Gasteiger charge is -2.34. The molecule has 1 unspecified atom stereocenters. The van der Waals surface area contributed by atoms with Crippen molar-refractivity contribution in [1.29, 1.82) is 0 Å². The fourth-order valence-corrected chi connectivity index (χ4v) is 5.74. The Morgan fingerprint density at radius 3 is 2.67 bits per heavy atom. The molecule has 5 N–H and O–H groups in total. The number of aliphatic hydroxyl groups is 1. The molecule has 0 radical (unpaired) electrons. The molecule has 1 aromatic heterocycles. The Morgan fingerprint density at radius 1 is 1.18 bits per heavy atom. The van der Waals surface area contributed by atoms with Gasteiger partial charge in [0, 0.05) is 50.3 Å². The number of nitrogens with one attached hydrogen (secondary N) is 4. The molecule has 2 aliphatic heterocycles. The molecule has 10 nitrogen and oxygen atoms in total. The standard InChI is InChI=1S/C30H38N8O2/c1-3-14-31-28(39)24-19-32-29(33-22-7-9-23(10-8-22)38-17-15-37(2)16-18-38)36-27(24)35-25-11-4-20-12-13-30(40,21-5-6-21)26(20)34-25/h3-4,7-11,19,21,27,40H,1,5-6,12-18H2,2H3,(H,31,39)(H,34,35)(H2,32,33,36)/t27?,30-/m1/s1. The molecule has 1 saturated heterocycles. The van der Waals surface area contributed by atoms with Crippen LogP contribution in [0.25, 0.3) is 0 Å². The number of carbonyl (C=O) groups is 1. The largest absolute Gasteiger partial charge is 0.383 e. The molecule has 2 fully saturated rings.